The first-order valence-electron chi connectivity index (χ1n) is 5.47. The normalized spacial score (nSPS) is 14.3. The zero-order valence-corrected chi connectivity index (χ0v) is 12.6. The number of aliphatic carboxylic acids is 1. The summed E-state index contributed by atoms with van der Waals surface area (Å²) in [7, 11) is 0. The van der Waals surface area contributed by atoms with Gasteiger partial charge in [0.15, 0.2) is 0 Å². The molecule has 0 atom stereocenters. The number of carbonyl (C=O) groups excluding carboxylic acids is 1. The van der Waals surface area contributed by atoms with Crippen LogP contribution in [0.3, 0.4) is 0 Å². The third-order valence-corrected chi connectivity index (χ3v) is 3.90. The van der Waals surface area contributed by atoms with Crippen LogP contribution in [0.4, 0.5) is 0 Å². The molecule has 0 aliphatic heterocycles. The highest BCUT2D eigenvalue weighted by Gasteiger charge is 2.34. The van der Waals surface area contributed by atoms with E-state index in [2.05, 4.69) is 31.9 Å². The first-order chi connectivity index (χ1) is 8.49. The number of amides is 1. The number of rotatable bonds is 4. The second-order valence-electron chi connectivity index (χ2n) is 4.18. The molecular formula is C12H11Br2NO3. The Morgan fingerprint density at radius 1 is 1.33 bits per heavy atom. The van der Waals surface area contributed by atoms with Crippen LogP contribution in [0.5, 0.6) is 0 Å². The van der Waals surface area contributed by atoms with Crippen LogP contribution in [0.25, 0.3) is 0 Å². The average Bonchev–Trinajstić information content (AvgIpc) is 3.12. The summed E-state index contributed by atoms with van der Waals surface area (Å²) < 4.78 is 1.46. The average molecular weight is 377 g/mol. The molecule has 1 N–H and O–H groups in total. The van der Waals surface area contributed by atoms with Gasteiger partial charge >= 0.3 is 5.97 Å². The molecule has 1 saturated carbocycles. The number of nitrogens with zero attached hydrogens (tertiary/aromatic N) is 1. The highest BCUT2D eigenvalue weighted by molar-refractivity contribution is 9.11. The Hall–Kier alpha value is -0.880. The van der Waals surface area contributed by atoms with Crippen LogP contribution >= 0.6 is 31.9 Å². The molecular weight excluding hydrogens is 366 g/mol. The van der Waals surface area contributed by atoms with E-state index in [0.29, 0.717) is 10.0 Å². The van der Waals surface area contributed by atoms with Gasteiger partial charge in [-0.25, -0.2) is 0 Å². The van der Waals surface area contributed by atoms with Crippen LogP contribution in [0.1, 0.15) is 23.2 Å². The molecule has 96 valence electrons. The van der Waals surface area contributed by atoms with Crippen molar-refractivity contribution in [3.05, 3.63) is 32.7 Å². The summed E-state index contributed by atoms with van der Waals surface area (Å²) in [4.78, 5) is 24.6. The molecule has 0 heterocycles. The Morgan fingerprint density at radius 2 is 2.00 bits per heavy atom. The first kappa shape index (κ1) is 13.5. The molecule has 1 aromatic carbocycles. The predicted octanol–water partition coefficient (Wildman–Crippen LogP) is 2.90. The third kappa shape index (κ3) is 3.11. The fourth-order valence-corrected chi connectivity index (χ4v) is 2.49. The third-order valence-electron chi connectivity index (χ3n) is 2.71. The van der Waals surface area contributed by atoms with E-state index in [4.69, 9.17) is 5.11 Å². The number of carboxylic acids is 1. The first-order valence-corrected chi connectivity index (χ1v) is 7.05. The molecule has 0 bridgehead atoms. The molecule has 1 aromatic rings. The van der Waals surface area contributed by atoms with Gasteiger partial charge in [-0.3, -0.25) is 9.59 Å². The SMILES string of the molecule is O=C(O)CN(C(=O)c1cc(Br)ccc1Br)C1CC1. The van der Waals surface area contributed by atoms with Crippen molar-refractivity contribution in [2.24, 2.45) is 0 Å². The van der Waals surface area contributed by atoms with Crippen molar-refractivity contribution >= 4 is 43.7 Å². The van der Waals surface area contributed by atoms with Gasteiger partial charge in [-0.05, 0) is 47.0 Å². The molecule has 0 radical (unpaired) electrons. The second kappa shape index (κ2) is 5.40. The summed E-state index contributed by atoms with van der Waals surface area (Å²) in [5.41, 5.74) is 0.484. The Balaban J connectivity index is 2.27. The van der Waals surface area contributed by atoms with Crippen molar-refractivity contribution in [1.82, 2.24) is 4.90 Å². The minimum atomic E-state index is -0.985. The Morgan fingerprint density at radius 3 is 2.56 bits per heavy atom. The van der Waals surface area contributed by atoms with E-state index in [0.717, 1.165) is 17.3 Å². The molecule has 1 fully saturated rings. The Labute approximate surface area is 121 Å². The molecule has 1 aliphatic carbocycles. The number of hydrogen-bond acceptors (Lipinski definition) is 2. The molecule has 0 aromatic heterocycles. The van der Waals surface area contributed by atoms with Gasteiger partial charge in [0.2, 0.25) is 0 Å². The molecule has 0 spiro atoms. The largest absolute Gasteiger partial charge is 0.480 e. The Bertz CT molecular complexity index is 500. The van der Waals surface area contributed by atoms with Crippen molar-refractivity contribution < 1.29 is 14.7 Å². The van der Waals surface area contributed by atoms with Crippen molar-refractivity contribution in [3.8, 4) is 0 Å². The zero-order chi connectivity index (χ0) is 13.3. The second-order valence-corrected chi connectivity index (χ2v) is 5.95. The van der Waals surface area contributed by atoms with Gasteiger partial charge < -0.3 is 10.0 Å². The van der Waals surface area contributed by atoms with Crippen LogP contribution in [0.2, 0.25) is 0 Å². The summed E-state index contributed by atoms with van der Waals surface area (Å²) in [6.07, 6.45) is 1.76. The minimum Gasteiger partial charge on any atom is -0.480 e. The summed E-state index contributed by atoms with van der Waals surface area (Å²) in [6, 6.07) is 5.35. The molecule has 18 heavy (non-hydrogen) atoms. The van der Waals surface area contributed by atoms with E-state index in [1.165, 1.54) is 4.90 Å². The summed E-state index contributed by atoms with van der Waals surface area (Å²) in [5, 5.41) is 8.87. The molecule has 0 saturated heterocycles. The molecule has 6 heteroatoms. The van der Waals surface area contributed by atoms with E-state index in [1.807, 2.05) is 6.07 Å². The molecule has 0 unspecified atom stereocenters. The maximum absolute atomic E-state index is 12.3. The van der Waals surface area contributed by atoms with Gasteiger partial charge in [-0.1, -0.05) is 15.9 Å². The molecule has 4 nitrogen and oxygen atoms in total. The number of carbonyl (C=O) groups is 2. The maximum atomic E-state index is 12.3. The van der Waals surface area contributed by atoms with E-state index in [1.54, 1.807) is 12.1 Å². The van der Waals surface area contributed by atoms with E-state index in [-0.39, 0.29) is 18.5 Å². The van der Waals surface area contributed by atoms with Gasteiger partial charge in [-0.2, -0.15) is 0 Å². The number of benzene rings is 1. The van der Waals surface area contributed by atoms with Crippen LogP contribution < -0.4 is 0 Å². The van der Waals surface area contributed by atoms with Gasteiger partial charge in [0.05, 0.1) is 5.56 Å². The smallest absolute Gasteiger partial charge is 0.323 e. The van der Waals surface area contributed by atoms with E-state index in [9.17, 15) is 9.59 Å². The molecule has 2 rings (SSSR count). The number of halogens is 2. The van der Waals surface area contributed by atoms with Crippen molar-refractivity contribution in [2.45, 2.75) is 18.9 Å². The lowest BCUT2D eigenvalue weighted by molar-refractivity contribution is -0.137. The quantitative estimate of drug-likeness (QED) is 0.878. The van der Waals surface area contributed by atoms with Crippen LogP contribution in [0, 0.1) is 0 Å². The summed E-state index contributed by atoms with van der Waals surface area (Å²) in [6.45, 7) is -0.248. The van der Waals surface area contributed by atoms with Crippen LogP contribution in [0.15, 0.2) is 27.1 Å². The highest BCUT2D eigenvalue weighted by Crippen LogP contribution is 2.30. The van der Waals surface area contributed by atoms with Gasteiger partial charge in [0.25, 0.3) is 5.91 Å². The number of hydrogen-bond donors (Lipinski definition) is 1. The highest BCUT2D eigenvalue weighted by atomic mass is 79.9. The van der Waals surface area contributed by atoms with Crippen molar-refractivity contribution in [2.75, 3.05) is 6.54 Å². The van der Waals surface area contributed by atoms with Crippen LogP contribution in [-0.2, 0) is 4.79 Å². The van der Waals surface area contributed by atoms with Gasteiger partial charge in [0, 0.05) is 15.0 Å². The van der Waals surface area contributed by atoms with E-state index < -0.39 is 5.97 Å². The zero-order valence-electron chi connectivity index (χ0n) is 9.40. The van der Waals surface area contributed by atoms with Gasteiger partial charge in [0.1, 0.15) is 6.54 Å². The minimum absolute atomic E-state index is 0.0690. The van der Waals surface area contributed by atoms with Crippen molar-refractivity contribution in [3.63, 3.8) is 0 Å². The Kier molecular flexibility index (Phi) is 4.07. The fraction of sp³-hybridized carbons (Fsp3) is 0.333. The summed E-state index contributed by atoms with van der Waals surface area (Å²) in [5.74, 6) is -1.23. The lowest BCUT2D eigenvalue weighted by Gasteiger charge is -2.21. The fourth-order valence-electron chi connectivity index (χ4n) is 1.71. The van der Waals surface area contributed by atoms with Crippen molar-refractivity contribution in [1.29, 1.82) is 0 Å². The number of carboxylic acid groups (broad SMARTS) is 1. The molecule has 1 amide bonds. The molecule has 1 aliphatic rings. The lowest BCUT2D eigenvalue weighted by atomic mass is 10.2. The van der Waals surface area contributed by atoms with Gasteiger partial charge in [-0.15, -0.1) is 0 Å². The topological polar surface area (TPSA) is 57.6 Å². The summed E-state index contributed by atoms with van der Waals surface area (Å²) >= 11 is 6.63. The maximum Gasteiger partial charge on any atom is 0.323 e. The van der Waals surface area contributed by atoms with E-state index >= 15 is 0 Å². The predicted molar refractivity (Wildman–Crippen MR) is 73.5 cm³/mol. The van der Waals surface area contributed by atoms with Crippen LogP contribution in [-0.4, -0.2) is 34.5 Å². The standard InChI is InChI=1S/C12H11Br2NO3/c13-7-1-4-10(14)9(5-7)12(18)15(6-11(16)17)8-2-3-8/h1,4-5,8H,2-3,6H2,(H,16,17). The lowest BCUT2D eigenvalue weighted by Crippen LogP contribution is -2.37. The monoisotopic (exact) mass is 375 g/mol.